The lowest BCUT2D eigenvalue weighted by Crippen LogP contribution is -2.23. The number of hydrogen-bond donors (Lipinski definition) is 2. The lowest BCUT2D eigenvalue weighted by Gasteiger charge is -2.10. The van der Waals surface area contributed by atoms with E-state index < -0.39 is 6.61 Å². The molecule has 0 aliphatic heterocycles. The molecule has 140 valence electrons. The molecule has 2 aromatic carbocycles. The van der Waals surface area contributed by atoms with Crippen molar-refractivity contribution in [2.45, 2.75) is 38.8 Å². The third-order valence-corrected chi connectivity index (χ3v) is 4.38. The summed E-state index contributed by atoms with van der Waals surface area (Å²) >= 11 is 0. The molecule has 0 spiro atoms. The molecule has 26 heavy (non-hydrogen) atoms. The van der Waals surface area contributed by atoms with Gasteiger partial charge in [-0.1, -0.05) is 24.3 Å². The molecule has 0 heterocycles. The van der Waals surface area contributed by atoms with Crippen LogP contribution in [0.5, 0.6) is 5.75 Å². The Bertz CT molecular complexity index is 798. The molecule has 1 aliphatic carbocycles. The van der Waals surface area contributed by atoms with Crippen molar-refractivity contribution in [1.29, 1.82) is 0 Å². The molecular weight excluding hydrogens is 451 g/mol. The van der Waals surface area contributed by atoms with E-state index in [1.165, 1.54) is 11.1 Å². The molecule has 1 saturated carbocycles. The molecule has 3 rings (SSSR count). The lowest BCUT2D eigenvalue weighted by molar-refractivity contribution is -0.0504. The minimum Gasteiger partial charge on any atom is -0.435 e. The molecule has 0 aromatic heterocycles. The molecule has 0 radical (unpaired) electrons. The zero-order valence-electron chi connectivity index (χ0n) is 14.6. The van der Waals surface area contributed by atoms with Crippen LogP contribution in [-0.4, -0.2) is 18.6 Å². The lowest BCUT2D eigenvalue weighted by atomic mass is 10.1. The van der Waals surface area contributed by atoms with Crippen LogP contribution in [-0.2, 0) is 0 Å². The molecule has 1 fully saturated rings. The largest absolute Gasteiger partial charge is 0.435 e. The van der Waals surface area contributed by atoms with Gasteiger partial charge in [0, 0.05) is 11.6 Å². The molecule has 0 bridgehead atoms. The van der Waals surface area contributed by atoms with Gasteiger partial charge in [-0.3, -0.25) is 0 Å². The van der Waals surface area contributed by atoms with Gasteiger partial charge < -0.3 is 15.8 Å². The van der Waals surface area contributed by atoms with E-state index in [0.29, 0.717) is 5.96 Å². The summed E-state index contributed by atoms with van der Waals surface area (Å²) in [5, 5.41) is 3.08. The van der Waals surface area contributed by atoms with E-state index in [9.17, 15) is 8.78 Å². The molecule has 1 aliphatic rings. The number of nitrogens with two attached hydrogens (primary N) is 1. The highest BCUT2D eigenvalue weighted by atomic mass is 127. The number of aryl methyl sites for hydroxylation is 2. The van der Waals surface area contributed by atoms with Crippen LogP contribution in [0, 0.1) is 13.8 Å². The first kappa shape index (κ1) is 20.4. The van der Waals surface area contributed by atoms with Crippen molar-refractivity contribution in [3.05, 3.63) is 59.2 Å². The summed E-state index contributed by atoms with van der Waals surface area (Å²) in [6.45, 7) is 1.24. The van der Waals surface area contributed by atoms with Gasteiger partial charge in [-0.05, 0) is 55.2 Å². The first-order valence-corrected chi connectivity index (χ1v) is 8.15. The van der Waals surface area contributed by atoms with Gasteiger partial charge in [0.15, 0.2) is 5.96 Å². The third-order valence-electron chi connectivity index (χ3n) is 4.38. The van der Waals surface area contributed by atoms with Crippen LogP contribution in [0.15, 0.2) is 47.5 Å². The Kier molecular flexibility index (Phi) is 6.80. The molecule has 0 saturated heterocycles. The second-order valence-electron chi connectivity index (χ2n) is 6.26. The first-order chi connectivity index (χ1) is 11.9. The second-order valence-corrected chi connectivity index (χ2v) is 6.26. The fourth-order valence-electron chi connectivity index (χ4n) is 2.83. The van der Waals surface area contributed by atoms with Gasteiger partial charge >= 0.3 is 6.61 Å². The molecule has 3 N–H and O–H groups in total. The summed E-state index contributed by atoms with van der Waals surface area (Å²) in [4.78, 5) is 4.45. The van der Waals surface area contributed by atoms with Crippen molar-refractivity contribution in [2.24, 2.45) is 10.7 Å². The summed E-state index contributed by atoms with van der Waals surface area (Å²) in [5.74, 6) is 0.582. The molecule has 2 aromatic rings. The van der Waals surface area contributed by atoms with Crippen molar-refractivity contribution in [3.63, 3.8) is 0 Å². The van der Waals surface area contributed by atoms with Crippen LogP contribution in [0.2, 0.25) is 0 Å². The van der Waals surface area contributed by atoms with Crippen molar-refractivity contribution in [2.75, 3.05) is 5.32 Å². The highest BCUT2D eigenvalue weighted by Crippen LogP contribution is 2.47. The average molecular weight is 473 g/mol. The summed E-state index contributed by atoms with van der Waals surface area (Å²) in [7, 11) is 0. The smallest absolute Gasteiger partial charge is 0.387 e. The standard InChI is InChI=1S/C19H21F2N3O.HI/c1-11-7-8-13(9-12(11)2)23-19(22)24-16-10-15(16)14-5-3-4-6-17(14)25-18(20)21;/h3-9,15-16,18H,10H2,1-2H3,(H3,22,23,24);1H/t15-,16+;/m1./s1. The zero-order chi connectivity index (χ0) is 18.0. The number of ether oxygens (including phenoxy) is 1. The van der Waals surface area contributed by atoms with Gasteiger partial charge in [0.05, 0.1) is 6.04 Å². The van der Waals surface area contributed by atoms with E-state index >= 15 is 0 Å². The van der Waals surface area contributed by atoms with Crippen molar-refractivity contribution < 1.29 is 13.5 Å². The number of alkyl halides is 2. The molecule has 2 atom stereocenters. The normalized spacial score (nSPS) is 19.0. The summed E-state index contributed by atoms with van der Waals surface area (Å²) < 4.78 is 29.6. The topological polar surface area (TPSA) is 59.6 Å². The number of aliphatic imine (C=N–C) groups is 1. The maximum Gasteiger partial charge on any atom is 0.387 e. The van der Waals surface area contributed by atoms with Crippen molar-refractivity contribution in [1.82, 2.24) is 0 Å². The Morgan fingerprint density at radius 1 is 1.19 bits per heavy atom. The van der Waals surface area contributed by atoms with Crippen LogP contribution in [0.3, 0.4) is 0 Å². The van der Waals surface area contributed by atoms with Crippen molar-refractivity contribution in [3.8, 4) is 5.75 Å². The number of halogens is 3. The van der Waals surface area contributed by atoms with Gasteiger partial charge in [-0.25, -0.2) is 4.99 Å². The SMILES string of the molecule is Cc1ccc(NC(N)=N[C@H]2C[C@@H]2c2ccccc2OC(F)F)cc1C.I. The van der Waals surface area contributed by atoms with E-state index in [1.54, 1.807) is 18.2 Å². The fraction of sp³-hybridized carbons (Fsp3) is 0.316. The van der Waals surface area contributed by atoms with E-state index in [4.69, 9.17) is 5.73 Å². The Morgan fingerprint density at radius 3 is 2.62 bits per heavy atom. The fourth-order valence-corrected chi connectivity index (χ4v) is 2.83. The number of nitrogens with zero attached hydrogens (tertiary/aromatic N) is 1. The molecule has 7 heteroatoms. The van der Waals surface area contributed by atoms with Gasteiger partial charge in [-0.2, -0.15) is 8.78 Å². The Morgan fingerprint density at radius 2 is 1.92 bits per heavy atom. The summed E-state index contributed by atoms with van der Waals surface area (Å²) in [6, 6.07) is 12.8. The summed E-state index contributed by atoms with van der Waals surface area (Å²) in [5.41, 5.74) is 9.98. The Labute approximate surface area is 168 Å². The van der Waals surface area contributed by atoms with Crippen LogP contribution in [0.1, 0.15) is 29.0 Å². The highest BCUT2D eigenvalue weighted by Gasteiger charge is 2.40. The number of para-hydroxylation sites is 1. The summed E-state index contributed by atoms with van der Waals surface area (Å²) in [6.07, 6.45) is 0.763. The van der Waals surface area contributed by atoms with Crippen LogP contribution >= 0.6 is 24.0 Å². The predicted molar refractivity (Wildman–Crippen MR) is 111 cm³/mol. The van der Waals surface area contributed by atoms with E-state index in [-0.39, 0.29) is 41.7 Å². The minimum absolute atomic E-state index is 0. The van der Waals surface area contributed by atoms with Gasteiger partial charge in [0.1, 0.15) is 5.75 Å². The molecule has 0 amide bonds. The van der Waals surface area contributed by atoms with Gasteiger partial charge in [0.2, 0.25) is 0 Å². The quantitative estimate of drug-likeness (QED) is 0.373. The highest BCUT2D eigenvalue weighted by molar-refractivity contribution is 14.0. The molecular formula is C19H22F2IN3O. The minimum atomic E-state index is -2.83. The zero-order valence-corrected chi connectivity index (χ0v) is 16.9. The average Bonchev–Trinajstić information content (AvgIpc) is 3.29. The molecule has 0 unspecified atom stereocenters. The predicted octanol–water partition coefficient (Wildman–Crippen LogP) is 4.81. The van der Waals surface area contributed by atoms with E-state index in [2.05, 4.69) is 15.0 Å². The maximum atomic E-state index is 12.5. The van der Waals surface area contributed by atoms with Crippen molar-refractivity contribution >= 4 is 35.6 Å². The van der Waals surface area contributed by atoms with E-state index in [0.717, 1.165) is 17.7 Å². The number of benzene rings is 2. The van der Waals surface area contributed by atoms with Crippen LogP contribution in [0.4, 0.5) is 14.5 Å². The second kappa shape index (κ2) is 8.66. The molecule has 4 nitrogen and oxygen atoms in total. The number of nitrogens with one attached hydrogen (secondary N) is 1. The number of anilines is 1. The number of rotatable bonds is 5. The van der Waals surface area contributed by atoms with Crippen LogP contribution in [0.25, 0.3) is 0 Å². The van der Waals surface area contributed by atoms with Crippen LogP contribution < -0.4 is 15.8 Å². The van der Waals surface area contributed by atoms with Gasteiger partial charge in [0.25, 0.3) is 0 Å². The first-order valence-electron chi connectivity index (χ1n) is 8.15. The Hall–Kier alpha value is -1.90. The monoisotopic (exact) mass is 473 g/mol. The number of hydrogen-bond acceptors (Lipinski definition) is 2. The van der Waals surface area contributed by atoms with E-state index in [1.807, 2.05) is 38.1 Å². The Balaban J connectivity index is 0.00000243. The number of guanidine groups is 1. The van der Waals surface area contributed by atoms with Gasteiger partial charge in [-0.15, -0.1) is 24.0 Å². The third kappa shape index (κ3) is 5.06. The maximum absolute atomic E-state index is 12.5.